The van der Waals surface area contributed by atoms with Gasteiger partial charge in [0.15, 0.2) is 6.61 Å². The number of hydrogen-bond acceptors (Lipinski definition) is 3. The van der Waals surface area contributed by atoms with Crippen LogP contribution >= 0.6 is 27.5 Å². The van der Waals surface area contributed by atoms with Gasteiger partial charge in [0, 0.05) is 4.47 Å². The minimum Gasteiger partial charge on any atom is -0.480 e. The molecule has 0 saturated carbocycles. The van der Waals surface area contributed by atoms with Gasteiger partial charge < -0.3 is 9.47 Å². The molecule has 0 aliphatic heterocycles. The molecule has 0 bridgehead atoms. The smallest absolute Gasteiger partial charge is 0.349 e. The minimum atomic E-state index is -0.481. The fourth-order valence-electron chi connectivity index (χ4n) is 1.38. The number of carbonyl (C=O) groups is 1. The fourth-order valence-corrected chi connectivity index (χ4v) is 2.11. The average molecular weight is 342 g/mol. The van der Waals surface area contributed by atoms with Crippen LogP contribution in [0.25, 0.3) is 0 Å². The summed E-state index contributed by atoms with van der Waals surface area (Å²) in [5, 5.41) is 0.432. The number of benzene rings is 2. The van der Waals surface area contributed by atoms with Crippen LogP contribution in [0.2, 0.25) is 5.02 Å². The van der Waals surface area contributed by atoms with Crippen LogP contribution in [-0.4, -0.2) is 12.6 Å². The largest absolute Gasteiger partial charge is 0.480 e. The molecule has 0 unspecified atom stereocenters. The monoisotopic (exact) mass is 340 g/mol. The molecule has 2 rings (SSSR count). The third kappa shape index (κ3) is 4.26. The summed E-state index contributed by atoms with van der Waals surface area (Å²) in [5.74, 6) is 0.443. The van der Waals surface area contributed by atoms with Crippen molar-refractivity contribution in [1.82, 2.24) is 0 Å². The van der Waals surface area contributed by atoms with Crippen LogP contribution in [0.15, 0.2) is 53.0 Å². The maximum atomic E-state index is 11.6. The van der Waals surface area contributed by atoms with Gasteiger partial charge in [0.2, 0.25) is 0 Å². The normalized spacial score (nSPS) is 10.0. The van der Waals surface area contributed by atoms with E-state index in [-0.39, 0.29) is 6.61 Å². The Kier molecular flexibility index (Phi) is 4.82. The predicted octanol–water partition coefficient (Wildman–Crippen LogP) is 4.09. The molecule has 3 nitrogen and oxygen atoms in total. The third-order valence-electron chi connectivity index (χ3n) is 2.21. The first kappa shape index (κ1) is 13.9. The fraction of sp³-hybridized carbons (Fsp3) is 0.0714. The van der Waals surface area contributed by atoms with E-state index in [0.717, 1.165) is 4.47 Å². The van der Waals surface area contributed by atoms with Gasteiger partial charge in [-0.2, -0.15) is 0 Å². The molecule has 2 aromatic carbocycles. The van der Waals surface area contributed by atoms with Crippen molar-refractivity contribution in [2.24, 2.45) is 0 Å². The number of rotatable bonds is 4. The highest BCUT2D eigenvalue weighted by Gasteiger charge is 2.08. The number of ether oxygens (including phenoxy) is 2. The van der Waals surface area contributed by atoms with E-state index in [4.69, 9.17) is 21.1 Å². The summed E-state index contributed by atoms with van der Waals surface area (Å²) in [5.41, 5.74) is 0. The Balaban J connectivity index is 1.90. The van der Waals surface area contributed by atoms with E-state index in [0.29, 0.717) is 16.5 Å². The van der Waals surface area contributed by atoms with Crippen LogP contribution in [0.5, 0.6) is 11.5 Å². The lowest BCUT2D eigenvalue weighted by Gasteiger charge is -2.08. The van der Waals surface area contributed by atoms with Crippen molar-refractivity contribution in [3.05, 3.63) is 58.0 Å². The van der Waals surface area contributed by atoms with Crippen molar-refractivity contribution in [3.63, 3.8) is 0 Å². The summed E-state index contributed by atoms with van der Waals surface area (Å²) in [7, 11) is 0. The second-order valence-electron chi connectivity index (χ2n) is 3.65. The molecule has 0 amide bonds. The van der Waals surface area contributed by atoms with Crippen LogP contribution in [-0.2, 0) is 4.79 Å². The van der Waals surface area contributed by atoms with Gasteiger partial charge in [-0.1, -0.05) is 45.7 Å². The highest BCUT2D eigenvalue weighted by atomic mass is 79.9. The topological polar surface area (TPSA) is 35.5 Å². The number of halogens is 2. The zero-order valence-corrected chi connectivity index (χ0v) is 12.1. The Hall–Kier alpha value is -1.52. The lowest BCUT2D eigenvalue weighted by atomic mass is 10.3. The first-order valence-electron chi connectivity index (χ1n) is 5.49. The highest BCUT2D eigenvalue weighted by molar-refractivity contribution is 9.10. The predicted molar refractivity (Wildman–Crippen MR) is 76.7 cm³/mol. The molecule has 0 fully saturated rings. The van der Waals surface area contributed by atoms with Gasteiger partial charge in [-0.3, -0.25) is 0 Å². The molecule has 0 spiro atoms. The Labute approximate surface area is 124 Å². The van der Waals surface area contributed by atoms with E-state index in [1.54, 1.807) is 42.5 Å². The molecule has 0 aliphatic carbocycles. The summed E-state index contributed by atoms with van der Waals surface area (Å²) >= 11 is 9.25. The van der Waals surface area contributed by atoms with Gasteiger partial charge in [-0.25, -0.2) is 4.79 Å². The maximum absolute atomic E-state index is 11.6. The quantitative estimate of drug-likeness (QED) is 0.621. The minimum absolute atomic E-state index is 0.198. The molecule has 0 N–H and O–H groups in total. The standard InChI is InChI=1S/C14H10BrClO3/c15-10-6-7-13(12(16)8-10)18-9-14(17)19-11-4-2-1-3-5-11/h1-8H,9H2. The Morgan fingerprint density at radius 1 is 1.16 bits per heavy atom. The van der Waals surface area contributed by atoms with Crippen LogP contribution in [0.4, 0.5) is 0 Å². The summed E-state index contributed by atoms with van der Waals surface area (Å²) in [4.78, 5) is 11.6. The number of carbonyl (C=O) groups excluding carboxylic acids is 1. The molecule has 98 valence electrons. The van der Waals surface area contributed by atoms with E-state index in [2.05, 4.69) is 15.9 Å². The van der Waals surface area contributed by atoms with Gasteiger partial charge in [-0.15, -0.1) is 0 Å². The molecule has 0 saturated heterocycles. The van der Waals surface area contributed by atoms with Crippen molar-refractivity contribution in [2.75, 3.05) is 6.61 Å². The van der Waals surface area contributed by atoms with Crippen LogP contribution in [0.3, 0.4) is 0 Å². The van der Waals surface area contributed by atoms with Crippen molar-refractivity contribution < 1.29 is 14.3 Å². The van der Waals surface area contributed by atoms with Gasteiger partial charge in [0.25, 0.3) is 0 Å². The van der Waals surface area contributed by atoms with Crippen molar-refractivity contribution in [2.45, 2.75) is 0 Å². The Bertz CT molecular complexity index is 572. The van der Waals surface area contributed by atoms with Crippen LogP contribution < -0.4 is 9.47 Å². The zero-order chi connectivity index (χ0) is 13.7. The SMILES string of the molecule is O=C(COc1ccc(Br)cc1Cl)Oc1ccccc1. The molecule has 0 aliphatic rings. The Morgan fingerprint density at radius 3 is 2.58 bits per heavy atom. The molecule has 0 aromatic heterocycles. The molecule has 0 atom stereocenters. The summed E-state index contributed by atoms with van der Waals surface area (Å²) < 4.78 is 11.2. The van der Waals surface area contributed by atoms with E-state index >= 15 is 0 Å². The highest BCUT2D eigenvalue weighted by Crippen LogP contribution is 2.27. The average Bonchev–Trinajstić information content (AvgIpc) is 2.39. The third-order valence-corrected chi connectivity index (χ3v) is 3.00. The molecule has 5 heteroatoms. The van der Waals surface area contributed by atoms with Crippen molar-refractivity contribution in [3.8, 4) is 11.5 Å². The lowest BCUT2D eigenvalue weighted by Crippen LogP contribution is -2.17. The van der Waals surface area contributed by atoms with E-state index < -0.39 is 5.97 Å². The van der Waals surface area contributed by atoms with E-state index in [9.17, 15) is 4.79 Å². The van der Waals surface area contributed by atoms with Crippen molar-refractivity contribution >= 4 is 33.5 Å². The Morgan fingerprint density at radius 2 is 1.89 bits per heavy atom. The summed E-state index contributed by atoms with van der Waals surface area (Å²) in [6, 6.07) is 14.0. The summed E-state index contributed by atoms with van der Waals surface area (Å²) in [6.45, 7) is -0.198. The van der Waals surface area contributed by atoms with Gasteiger partial charge in [-0.05, 0) is 30.3 Å². The van der Waals surface area contributed by atoms with Crippen LogP contribution in [0, 0.1) is 0 Å². The second kappa shape index (κ2) is 6.59. The molecule has 0 radical (unpaired) electrons. The lowest BCUT2D eigenvalue weighted by molar-refractivity contribution is -0.136. The van der Waals surface area contributed by atoms with Gasteiger partial charge in [0.05, 0.1) is 5.02 Å². The van der Waals surface area contributed by atoms with E-state index in [1.807, 2.05) is 6.07 Å². The summed E-state index contributed by atoms with van der Waals surface area (Å²) in [6.07, 6.45) is 0. The van der Waals surface area contributed by atoms with Crippen molar-refractivity contribution in [1.29, 1.82) is 0 Å². The number of esters is 1. The molecule has 0 heterocycles. The molecule has 2 aromatic rings. The zero-order valence-electron chi connectivity index (χ0n) is 9.81. The maximum Gasteiger partial charge on any atom is 0.349 e. The first-order chi connectivity index (χ1) is 9.15. The van der Waals surface area contributed by atoms with Crippen LogP contribution in [0.1, 0.15) is 0 Å². The van der Waals surface area contributed by atoms with E-state index in [1.165, 1.54) is 0 Å². The second-order valence-corrected chi connectivity index (χ2v) is 4.97. The molecular weight excluding hydrogens is 332 g/mol. The van der Waals surface area contributed by atoms with Gasteiger partial charge >= 0.3 is 5.97 Å². The molecular formula is C14H10BrClO3. The number of para-hydroxylation sites is 1. The number of hydrogen-bond donors (Lipinski definition) is 0. The first-order valence-corrected chi connectivity index (χ1v) is 6.66. The molecule has 19 heavy (non-hydrogen) atoms. The van der Waals surface area contributed by atoms with Gasteiger partial charge in [0.1, 0.15) is 11.5 Å².